The van der Waals surface area contributed by atoms with Crippen molar-refractivity contribution in [2.45, 2.75) is 32.8 Å². The largest absolute Gasteiger partial charge is 0.444 e. The summed E-state index contributed by atoms with van der Waals surface area (Å²) in [6.45, 7) is 8.02. The van der Waals surface area contributed by atoms with E-state index in [9.17, 15) is 9.18 Å². The molecule has 7 heteroatoms. The van der Waals surface area contributed by atoms with Crippen LogP contribution in [0.5, 0.6) is 0 Å². The van der Waals surface area contributed by atoms with Crippen LogP contribution in [0.3, 0.4) is 0 Å². The van der Waals surface area contributed by atoms with Gasteiger partial charge >= 0.3 is 6.09 Å². The molecule has 6 nitrogen and oxygen atoms in total. The van der Waals surface area contributed by atoms with Crippen molar-refractivity contribution in [2.75, 3.05) is 31.1 Å². The van der Waals surface area contributed by atoms with Crippen molar-refractivity contribution in [1.82, 2.24) is 9.88 Å². The van der Waals surface area contributed by atoms with Crippen LogP contribution in [0, 0.1) is 5.82 Å². The third-order valence-corrected chi connectivity index (χ3v) is 3.76. The molecule has 1 aliphatic rings. The molecule has 0 saturated carbocycles. The standard InChI is InChI=1S/C17H22FN3O3/c1-17(2,3)24-16(22)21-8-4-7-20(9-10-21)15-19-13-6-5-12(18)11-14(13)23-15/h5-6,11H,4,7-10H2,1-3H3. The van der Waals surface area contributed by atoms with Crippen LogP contribution in [0.2, 0.25) is 0 Å². The van der Waals surface area contributed by atoms with Gasteiger partial charge in [-0.15, -0.1) is 0 Å². The summed E-state index contributed by atoms with van der Waals surface area (Å²) in [6.07, 6.45) is 0.482. The van der Waals surface area contributed by atoms with Crippen LogP contribution in [0.1, 0.15) is 27.2 Å². The lowest BCUT2D eigenvalue weighted by atomic mass is 10.2. The Morgan fingerprint density at radius 2 is 2.04 bits per heavy atom. The van der Waals surface area contributed by atoms with Gasteiger partial charge < -0.3 is 19.0 Å². The second kappa shape index (κ2) is 6.30. The van der Waals surface area contributed by atoms with E-state index in [0.29, 0.717) is 43.3 Å². The highest BCUT2D eigenvalue weighted by atomic mass is 19.1. The van der Waals surface area contributed by atoms with Crippen LogP contribution in [-0.4, -0.2) is 47.8 Å². The number of hydrogen-bond acceptors (Lipinski definition) is 5. The fourth-order valence-corrected chi connectivity index (χ4v) is 2.64. The Morgan fingerprint density at radius 3 is 2.79 bits per heavy atom. The molecular formula is C17H22FN3O3. The van der Waals surface area contributed by atoms with Crippen LogP contribution in [-0.2, 0) is 4.74 Å². The van der Waals surface area contributed by atoms with Gasteiger partial charge in [0, 0.05) is 32.2 Å². The van der Waals surface area contributed by atoms with Crippen molar-refractivity contribution in [1.29, 1.82) is 0 Å². The van der Waals surface area contributed by atoms with Crippen molar-refractivity contribution in [3.63, 3.8) is 0 Å². The van der Waals surface area contributed by atoms with Gasteiger partial charge in [-0.2, -0.15) is 4.98 Å². The lowest BCUT2D eigenvalue weighted by Crippen LogP contribution is -2.39. The van der Waals surface area contributed by atoms with E-state index >= 15 is 0 Å². The summed E-state index contributed by atoms with van der Waals surface area (Å²) < 4.78 is 24.4. The van der Waals surface area contributed by atoms with Crippen molar-refractivity contribution < 1.29 is 18.3 Å². The molecule has 0 radical (unpaired) electrons. The number of anilines is 1. The fourth-order valence-electron chi connectivity index (χ4n) is 2.64. The number of amides is 1. The molecule has 24 heavy (non-hydrogen) atoms. The number of carbonyl (C=O) groups excluding carboxylic acids is 1. The Balaban J connectivity index is 1.69. The molecule has 1 aromatic carbocycles. The lowest BCUT2D eigenvalue weighted by molar-refractivity contribution is 0.0263. The molecule has 0 bridgehead atoms. The van der Waals surface area contributed by atoms with E-state index in [2.05, 4.69) is 4.98 Å². The molecule has 1 aliphatic heterocycles. The van der Waals surface area contributed by atoms with Gasteiger partial charge in [-0.3, -0.25) is 0 Å². The maximum Gasteiger partial charge on any atom is 0.410 e. The summed E-state index contributed by atoms with van der Waals surface area (Å²) >= 11 is 0. The van der Waals surface area contributed by atoms with E-state index in [1.165, 1.54) is 12.1 Å². The zero-order valence-electron chi connectivity index (χ0n) is 14.2. The highest BCUT2D eigenvalue weighted by Crippen LogP contribution is 2.24. The molecule has 1 aromatic heterocycles. The minimum Gasteiger partial charge on any atom is -0.444 e. The summed E-state index contributed by atoms with van der Waals surface area (Å²) in [6, 6.07) is 4.75. The van der Waals surface area contributed by atoms with Crippen molar-refractivity contribution in [3.8, 4) is 0 Å². The van der Waals surface area contributed by atoms with Crippen molar-refractivity contribution in [3.05, 3.63) is 24.0 Å². The monoisotopic (exact) mass is 335 g/mol. The molecule has 0 unspecified atom stereocenters. The molecule has 3 rings (SSSR count). The molecule has 2 heterocycles. The number of fused-ring (bicyclic) bond motifs is 1. The fraction of sp³-hybridized carbons (Fsp3) is 0.529. The van der Waals surface area contributed by atoms with Crippen LogP contribution < -0.4 is 4.90 Å². The summed E-state index contributed by atoms with van der Waals surface area (Å²) in [5.74, 6) is -0.350. The third-order valence-electron chi connectivity index (χ3n) is 3.76. The molecular weight excluding hydrogens is 313 g/mol. The first kappa shape index (κ1) is 16.5. The number of oxazole rings is 1. The number of carbonyl (C=O) groups is 1. The number of benzene rings is 1. The first-order valence-corrected chi connectivity index (χ1v) is 8.11. The molecule has 130 valence electrons. The van der Waals surface area contributed by atoms with E-state index < -0.39 is 5.60 Å². The number of aromatic nitrogens is 1. The number of ether oxygens (including phenoxy) is 1. The Morgan fingerprint density at radius 1 is 1.25 bits per heavy atom. The predicted octanol–water partition coefficient (Wildman–Crippen LogP) is 3.41. The van der Waals surface area contributed by atoms with Crippen molar-refractivity contribution in [2.24, 2.45) is 0 Å². The molecule has 1 saturated heterocycles. The minimum atomic E-state index is -0.507. The molecule has 1 fully saturated rings. The number of halogens is 1. The number of hydrogen-bond donors (Lipinski definition) is 0. The van der Waals surface area contributed by atoms with Gasteiger partial charge in [0.05, 0.1) is 0 Å². The average Bonchev–Trinajstić information content (AvgIpc) is 2.73. The Labute approximate surface area is 140 Å². The normalized spacial score (nSPS) is 16.3. The summed E-state index contributed by atoms with van der Waals surface area (Å²) in [7, 11) is 0. The van der Waals surface area contributed by atoms with Gasteiger partial charge in [-0.05, 0) is 39.3 Å². The first-order valence-electron chi connectivity index (χ1n) is 8.11. The summed E-state index contributed by atoms with van der Waals surface area (Å²) in [5, 5.41) is 0. The van der Waals surface area contributed by atoms with Crippen LogP contribution in [0.25, 0.3) is 11.1 Å². The van der Waals surface area contributed by atoms with E-state index in [4.69, 9.17) is 9.15 Å². The van der Waals surface area contributed by atoms with Gasteiger partial charge in [0.15, 0.2) is 5.58 Å². The number of rotatable bonds is 1. The van der Waals surface area contributed by atoms with Crippen molar-refractivity contribution >= 4 is 23.2 Å². The van der Waals surface area contributed by atoms with Gasteiger partial charge in [-0.1, -0.05) is 0 Å². The summed E-state index contributed by atoms with van der Waals surface area (Å²) in [4.78, 5) is 20.3. The first-order chi connectivity index (χ1) is 11.3. The van der Waals surface area contributed by atoms with Gasteiger partial charge in [-0.25, -0.2) is 9.18 Å². The quantitative estimate of drug-likeness (QED) is 0.799. The third kappa shape index (κ3) is 3.77. The van der Waals surface area contributed by atoms with Crippen LogP contribution in [0.15, 0.2) is 22.6 Å². The van der Waals surface area contributed by atoms with E-state index in [-0.39, 0.29) is 11.9 Å². The SMILES string of the molecule is CC(C)(C)OC(=O)N1CCCN(c2nc3ccc(F)cc3o2)CC1. The Kier molecular flexibility index (Phi) is 4.34. The Hall–Kier alpha value is -2.31. The predicted molar refractivity (Wildman–Crippen MR) is 88.6 cm³/mol. The topological polar surface area (TPSA) is 58.8 Å². The smallest absolute Gasteiger partial charge is 0.410 e. The maximum absolute atomic E-state index is 13.3. The Bertz CT molecular complexity index is 738. The lowest BCUT2D eigenvalue weighted by Gasteiger charge is -2.26. The highest BCUT2D eigenvalue weighted by molar-refractivity contribution is 5.74. The molecule has 2 aromatic rings. The molecule has 1 amide bonds. The second-order valence-corrected chi connectivity index (χ2v) is 6.92. The van der Waals surface area contributed by atoms with Crippen LogP contribution >= 0.6 is 0 Å². The van der Waals surface area contributed by atoms with Crippen LogP contribution in [0.4, 0.5) is 15.2 Å². The maximum atomic E-state index is 13.3. The minimum absolute atomic E-state index is 0.302. The average molecular weight is 335 g/mol. The summed E-state index contributed by atoms with van der Waals surface area (Å²) in [5.41, 5.74) is 0.547. The molecule has 0 spiro atoms. The molecule has 0 N–H and O–H groups in total. The highest BCUT2D eigenvalue weighted by Gasteiger charge is 2.25. The van der Waals surface area contributed by atoms with E-state index in [1.54, 1.807) is 11.0 Å². The molecule has 0 atom stereocenters. The van der Waals surface area contributed by atoms with E-state index in [0.717, 1.165) is 6.42 Å². The zero-order chi connectivity index (χ0) is 17.3. The van der Waals surface area contributed by atoms with Gasteiger partial charge in [0.25, 0.3) is 6.01 Å². The van der Waals surface area contributed by atoms with E-state index in [1.807, 2.05) is 25.7 Å². The second-order valence-electron chi connectivity index (χ2n) is 6.92. The van der Waals surface area contributed by atoms with Gasteiger partial charge in [0.2, 0.25) is 0 Å². The van der Waals surface area contributed by atoms with Gasteiger partial charge in [0.1, 0.15) is 16.9 Å². The zero-order valence-corrected chi connectivity index (χ0v) is 14.2. The molecule has 0 aliphatic carbocycles. The number of nitrogens with zero attached hydrogens (tertiary/aromatic N) is 3.